The molecule has 8 atom stereocenters. The van der Waals surface area contributed by atoms with Crippen molar-refractivity contribution >= 4 is 0 Å². The lowest BCUT2D eigenvalue weighted by Crippen LogP contribution is -2.31. The minimum Gasteiger partial charge on any atom is -0.371 e. The largest absolute Gasteiger partial charge is 0.371 e. The van der Waals surface area contributed by atoms with E-state index in [1.165, 1.54) is 19.3 Å². The molecule has 0 aromatic heterocycles. The second-order valence-electron chi connectivity index (χ2n) is 9.04. The van der Waals surface area contributed by atoms with Crippen LogP contribution in [0.5, 0.6) is 0 Å². The van der Waals surface area contributed by atoms with Crippen LogP contribution >= 0.6 is 0 Å². The minimum absolute atomic E-state index is 0.324. The topological polar surface area (TPSA) is 21.8 Å². The number of hydrogen-bond acceptors (Lipinski definition) is 2. The van der Waals surface area contributed by atoms with Gasteiger partial charge in [-0.15, -0.1) is 0 Å². The van der Waals surface area contributed by atoms with E-state index in [9.17, 15) is 0 Å². The normalized spacial score (nSPS) is 48.4. The van der Waals surface area contributed by atoms with Crippen LogP contribution in [0.3, 0.4) is 0 Å². The lowest BCUT2D eigenvalue weighted by atomic mass is 9.69. The molecule has 2 nitrogen and oxygen atoms in total. The van der Waals surface area contributed by atoms with Crippen molar-refractivity contribution in [3.8, 4) is 11.8 Å². The third-order valence-electron chi connectivity index (χ3n) is 7.19. The van der Waals surface area contributed by atoms with Crippen molar-refractivity contribution < 1.29 is 9.47 Å². The van der Waals surface area contributed by atoms with Crippen molar-refractivity contribution in [1.29, 1.82) is 0 Å². The first-order valence-corrected chi connectivity index (χ1v) is 9.54. The highest BCUT2D eigenvalue weighted by atomic mass is 16.6. The monoisotopic (exact) mass is 312 g/mol. The summed E-state index contributed by atoms with van der Waals surface area (Å²) in [6, 6.07) is 0. The number of fused-ring (bicyclic) bond motifs is 9. The van der Waals surface area contributed by atoms with Crippen LogP contribution < -0.4 is 0 Å². The van der Waals surface area contributed by atoms with Gasteiger partial charge in [0, 0.05) is 6.42 Å². The van der Waals surface area contributed by atoms with E-state index in [4.69, 9.17) is 9.47 Å². The van der Waals surface area contributed by atoms with Gasteiger partial charge in [-0.25, -0.2) is 0 Å². The lowest BCUT2D eigenvalue weighted by molar-refractivity contribution is 0.0177. The Bertz CT molecular complexity index is 576. The average Bonchev–Trinajstić information content (AvgIpc) is 2.92. The van der Waals surface area contributed by atoms with Crippen LogP contribution in [0.4, 0.5) is 0 Å². The zero-order valence-corrected chi connectivity index (χ0v) is 14.3. The van der Waals surface area contributed by atoms with E-state index in [0.717, 1.165) is 54.5 Å². The number of hydrogen-bond donors (Lipinski definition) is 0. The van der Waals surface area contributed by atoms with Crippen LogP contribution in [0, 0.1) is 53.3 Å². The van der Waals surface area contributed by atoms with E-state index in [1.54, 1.807) is 0 Å². The zero-order chi connectivity index (χ0) is 15.6. The van der Waals surface area contributed by atoms with Gasteiger partial charge in [0.05, 0.1) is 13.2 Å². The zero-order valence-electron chi connectivity index (χ0n) is 14.3. The van der Waals surface area contributed by atoms with Gasteiger partial charge in [0.15, 0.2) is 0 Å². The summed E-state index contributed by atoms with van der Waals surface area (Å²) in [5.74, 6) is 13.6. The maximum atomic E-state index is 5.88. The number of rotatable bonds is 4. The highest BCUT2D eigenvalue weighted by Crippen LogP contribution is 2.67. The molecule has 0 aromatic carbocycles. The van der Waals surface area contributed by atoms with Gasteiger partial charge in [-0.3, -0.25) is 0 Å². The van der Waals surface area contributed by atoms with Gasteiger partial charge in [0.1, 0.15) is 11.7 Å². The fraction of sp³-hybridized carbons (Fsp3) is 0.810. The molecule has 0 aromatic rings. The third kappa shape index (κ3) is 2.48. The van der Waals surface area contributed by atoms with Crippen molar-refractivity contribution in [2.45, 2.75) is 51.2 Å². The molecule has 1 saturated heterocycles. The van der Waals surface area contributed by atoms with Crippen LogP contribution in [0.2, 0.25) is 0 Å². The van der Waals surface area contributed by atoms with Gasteiger partial charge in [0.25, 0.3) is 0 Å². The average molecular weight is 312 g/mol. The molecule has 2 heteroatoms. The molecular formula is C21H28O2. The standard InChI is InChI=1S/C21H28O2/c1-21(2,23-12-17-11-22-17)7-3-4-13-8-16-10-18(13)20-15-6-5-14(9-15)19(16)20/h5-6,13-20H,4,8-12H2,1-2H3/t13-,14+,15+,16+,17-,18-,19+,20+/m1/s1. The van der Waals surface area contributed by atoms with Gasteiger partial charge in [-0.05, 0) is 74.5 Å². The molecule has 4 fully saturated rings. The predicted molar refractivity (Wildman–Crippen MR) is 89.6 cm³/mol. The Morgan fingerprint density at radius 3 is 2.70 bits per heavy atom. The van der Waals surface area contributed by atoms with Crippen molar-refractivity contribution in [1.82, 2.24) is 0 Å². The van der Waals surface area contributed by atoms with E-state index >= 15 is 0 Å². The highest BCUT2D eigenvalue weighted by Gasteiger charge is 2.60. The van der Waals surface area contributed by atoms with Crippen molar-refractivity contribution in [2.24, 2.45) is 41.4 Å². The predicted octanol–water partition coefficient (Wildman–Crippen LogP) is 3.67. The first-order valence-electron chi connectivity index (χ1n) is 9.54. The van der Waals surface area contributed by atoms with E-state index < -0.39 is 0 Å². The summed E-state index contributed by atoms with van der Waals surface area (Å²) in [6.07, 6.45) is 10.9. The van der Waals surface area contributed by atoms with Crippen LogP contribution in [0.25, 0.3) is 0 Å². The summed E-state index contributed by atoms with van der Waals surface area (Å²) < 4.78 is 11.1. The van der Waals surface area contributed by atoms with Crippen LogP contribution in [-0.4, -0.2) is 24.9 Å². The first-order chi connectivity index (χ1) is 11.1. The van der Waals surface area contributed by atoms with Crippen LogP contribution in [0.15, 0.2) is 12.2 Å². The van der Waals surface area contributed by atoms with Gasteiger partial charge >= 0.3 is 0 Å². The molecule has 5 rings (SSSR count). The Balaban J connectivity index is 1.20. The summed E-state index contributed by atoms with van der Waals surface area (Å²) >= 11 is 0. The molecule has 4 bridgehead atoms. The molecule has 0 radical (unpaired) electrons. The van der Waals surface area contributed by atoms with Gasteiger partial charge in [0.2, 0.25) is 0 Å². The molecule has 1 heterocycles. The fourth-order valence-corrected chi connectivity index (χ4v) is 6.28. The summed E-state index contributed by atoms with van der Waals surface area (Å²) in [5, 5.41) is 0. The van der Waals surface area contributed by atoms with Crippen LogP contribution in [-0.2, 0) is 9.47 Å². The summed E-state index contributed by atoms with van der Waals surface area (Å²) in [4.78, 5) is 0. The van der Waals surface area contributed by atoms with Gasteiger partial charge in [-0.1, -0.05) is 24.0 Å². The molecule has 1 aliphatic heterocycles. The SMILES string of the molecule is CC(C)(C#CC[C@@H]1C[C@H]2C[C@H]1[C@H]1[C@H]2[C@H]2C=C[C@H]1C2)OC[C@H]1CO1. The maximum absolute atomic E-state index is 5.88. The fourth-order valence-electron chi connectivity index (χ4n) is 6.28. The number of allylic oxidation sites excluding steroid dienone is 2. The molecule has 5 aliphatic rings. The van der Waals surface area contributed by atoms with E-state index in [-0.39, 0.29) is 5.60 Å². The quantitative estimate of drug-likeness (QED) is 0.342. The summed E-state index contributed by atoms with van der Waals surface area (Å²) in [7, 11) is 0. The molecular weight excluding hydrogens is 284 g/mol. The maximum Gasteiger partial charge on any atom is 0.123 e. The molecule has 0 amide bonds. The van der Waals surface area contributed by atoms with Crippen molar-refractivity contribution in [3.05, 3.63) is 12.2 Å². The van der Waals surface area contributed by atoms with Crippen molar-refractivity contribution in [3.63, 3.8) is 0 Å². The van der Waals surface area contributed by atoms with Crippen molar-refractivity contribution in [2.75, 3.05) is 13.2 Å². The Hall–Kier alpha value is -0.780. The highest BCUT2D eigenvalue weighted by molar-refractivity contribution is 5.21. The molecule has 0 N–H and O–H groups in total. The number of epoxide rings is 1. The smallest absolute Gasteiger partial charge is 0.123 e. The summed E-state index contributed by atoms with van der Waals surface area (Å²) in [6.45, 7) is 5.71. The first kappa shape index (κ1) is 14.6. The lowest BCUT2D eigenvalue weighted by Gasteiger charge is -2.36. The van der Waals surface area contributed by atoms with E-state index in [2.05, 4.69) is 37.8 Å². The molecule has 4 aliphatic carbocycles. The molecule has 124 valence electrons. The number of ether oxygens (including phenoxy) is 2. The van der Waals surface area contributed by atoms with Crippen LogP contribution in [0.1, 0.15) is 39.5 Å². The second-order valence-corrected chi connectivity index (χ2v) is 9.04. The molecule has 0 unspecified atom stereocenters. The van der Waals surface area contributed by atoms with E-state index in [0.29, 0.717) is 12.7 Å². The molecule has 23 heavy (non-hydrogen) atoms. The van der Waals surface area contributed by atoms with Gasteiger partial charge < -0.3 is 9.47 Å². The van der Waals surface area contributed by atoms with E-state index in [1.807, 2.05) is 0 Å². The molecule has 0 spiro atoms. The Morgan fingerprint density at radius 2 is 1.91 bits per heavy atom. The third-order valence-corrected chi connectivity index (χ3v) is 7.19. The Labute approximate surface area is 140 Å². The summed E-state index contributed by atoms with van der Waals surface area (Å²) in [5.41, 5.74) is -0.332. The Morgan fingerprint density at radius 1 is 1.13 bits per heavy atom. The second kappa shape index (κ2) is 5.11. The Kier molecular flexibility index (Phi) is 3.23. The minimum atomic E-state index is -0.332. The molecule has 3 saturated carbocycles. The van der Waals surface area contributed by atoms with Gasteiger partial charge in [-0.2, -0.15) is 0 Å².